The zero-order valence-electron chi connectivity index (χ0n) is 17.2. The summed E-state index contributed by atoms with van der Waals surface area (Å²) in [6.45, 7) is 5.43. The molecule has 3 aromatic rings. The third-order valence-electron chi connectivity index (χ3n) is 5.29. The standard InChI is InChI=1S/C23H23ClN2O4S/c1-16-6-11-31-22(16)23(28)26-9-7-25(8-10-26)13-18-12-20(27)21(15-29-18)30-14-17-4-2-3-5-19(17)24/h2-6,11-12,15H,7-10,13-14H2,1H3. The van der Waals surface area contributed by atoms with Gasteiger partial charge in [-0.3, -0.25) is 14.5 Å². The molecule has 8 heteroatoms. The van der Waals surface area contributed by atoms with Crippen LogP contribution in [0.3, 0.4) is 0 Å². The monoisotopic (exact) mass is 458 g/mol. The van der Waals surface area contributed by atoms with Crippen LogP contribution < -0.4 is 10.2 Å². The fourth-order valence-electron chi connectivity index (χ4n) is 3.46. The number of hydrogen-bond acceptors (Lipinski definition) is 6. The van der Waals surface area contributed by atoms with E-state index in [1.165, 1.54) is 23.7 Å². The molecule has 162 valence electrons. The molecule has 6 nitrogen and oxygen atoms in total. The fraction of sp³-hybridized carbons (Fsp3) is 0.304. The number of hydrogen-bond donors (Lipinski definition) is 0. The molecule has 0 aliphatic carbocycles. The number of benzene rings is 1. The van der Waals surface area contributed by atoms with Crippen molar-refractivity contribution in [1.82, 2.24) is 9.80 Å². The summed E-state index contributed by atoms with van der Waals surface area (Å²) in [6, 6.07) is 10.8. The van der Waals surface area contributed by atoms with E-state index < -0.39 is 0 Å². The Bertz CT molecular complexity index is 1120. The van der Waals surface area contributed by atoms with Gasteiger partial charge in [-0.1, -0.05) is 29.8 Å². The van der Waals surface area contributed by atoms with E-state index in [4.69, 9.17) is 20.8 Å². The van der Waals surface area contributed by atoms with E-state index >= 15 is 0 Å². The number of halogens is 1. The third kappa shape index (κ3) is 5.18. The molecule has 31 heavy (non-hydrogen) atoms. The molecule has 0 spiro atoms. The second kappa shape index (κ2) is 9.68. The van der Waals surface area contributed by atoms with Crippen LogP contribution in [0.15, 0.2) is 57.3 Å². The second-order valence-corrected chi connectivity index (χ2v) is 8.78. The zero-order valence-corrected chi connectivity index (χ0v) is 18.7. The summed E-state index contributed by atoms with van der Waals surface area (Å²) in [6.07, 6.45) is 1.36. The Balaban J connectivity index is 1.31. The number of nitrogens with zero attached hydrogens (tertiary/aromatic N) is 2. The molecule has 1 fully saturated rings. The van der Waals surface area contributed by atoms with E-state index in [9.17, 15) is 9.59 Å². The summed E-state index contributed by atoms with van der Waals surface area (Å²) in [5.74, 6) is 0.827. The molecule has 2 aromatic heterocycles. The predicted octanol–water partition coefficient (Wildman–Crippen LogP) is 4.20. The quantitative estimate of drug-likeness (QED) is 0.554. The molecule has 0 atom stereocenters. The number of carbonyl (C=O) groups is 1. The summed E-state index contributed by atoms with van der Waals surface area (Å²) in [5, 5.41) is 2.54. The van der Waals surface area contributed by atoms with Crippen LogP contribution >= 0.6 is 22.9 Å². The molecule has 0 unspecified atom stereocenters. The van der Waals surface area contributed by atoms with Crippen molar-refractivity contribution in [3.8, 4) is 5.75 Å². The minimum Gasteiger partial charge on any atom is -0.482 e. The van der Waals surface area contributed by atoms with Crippen molar-refractivity contribution in [2.75, 3.05) is 26.2 Å². The molecule has 4 rings (SSSR count). The Kier molecular flexibility index (Phi) is 6.75. The smallest absolute Gasteiger partial charge is 0.264 e. The first-order valence-corrected chi connectivity index (χ1v) is 11.3. The normalized spacial score (nSPS) is 14.6. The molecule has 1 aromatic carbocycles. The maximum absolute atomic E-state index is 12.6. The molecule has 0 saturated carbocycles. The van der Waals surface area contributed by atoms with Crippen LogP contribution in [0.1, 0.15) is 26.6 Å². The van der Waals surface area contributed by atoms with Crippen molar-refractivity contribution in [3.05, 3.63) is 85.1 Å². The van der Waals surface area contributed by atoms with Crippen molar-refractivity contribution >= 4 is 28.8 Å². The first-order chi connectivity index (χ1) is 15.0. The van der Waals surface area contributed by atoms with Gasteiger partial charge in [0.15, 0.2) is 0 Å². The average molecular weight is 459 g/mol. The van der Waals surface area contributed by atoms with Crippen LogP contribution in [-0.2, 0) is 13.2 Å². The largest absolute Gasteiger partial charge is 0.482 e. The van der Waals surface area contributed by atoms with Gasteiger partial charge in [0.1, 0.15) is 18.6 Å². The lowest BCUT2D eigenvalue weighted by Crippen LogP contribution is -2.48. The maximum atomic E-state index is 12.6. The van der Waals surface area contributed by atoms with Gasteiger partial charge in [0, 0.05) is 42.8 Å². The minimum absolute atomic E-state index is 0.0960. The van der Waals surface area contributed by atoms with E-state index in [-0.39, 0.29) is 23.7 Å². The number of thiophene rings is 1. The van der Waals surface area contributed by atoms with Crippen molar-refractivity contribution < 1.29 is 13.9 Å². The molecule has 1 aliphatic rings. The second-order valence-electron chi connectivity index (χ2n) is 7.46. The SMILES string of the molecule is Cc1ccsc1C(=O)N1CCN(Cc2cc(=O)c(OCc3ccccc3Cl)co2)CC1. The Labute approximate surface area is 189 Å². The van der Waals surface area contributed by atoms with Crippen LogP contribution in [0.4, 0.5) is 0 Å². The highest BCUT2D eigenvalue weighted by atomic mass is 35.5. The number of piperazine rings is 1. The summed E-state index contributed by atoms with van der Waals surface area (Å²) >= 11 is 7.61. The molecular formula is C23H23ClN2O4S. The first-order valence-electron chi connectivity index (χ1n) is 10.0. The van der Waals surface area contributed by atoms with E-state index in [1.807, 2.05) is 41.5 Å². The van der Waals surface area contributed by atoms with Gasteiger partial charge in [0.05, 0.1) is 11.4 Å². The highest BCUT2D eigenvalue weighted by Crippen LogP contribution is 2.20. The van der Waals surface area contributed by atoms with E-state index in [2.05, 4.69) is 4.90 Å². The van der Waals surface area contributed by atoms with Crippen LogP contribution in [0.5, 0.6) is 5.75 Å². The van der Waals surface area contributed by atoms with Gasteiger partial charge in [0.2, 0.25) is 11.2 Å². The van der Waals surface area contributed by atoms with E-state index in [0.29, 0.717) is 30.4 Å². The fourth-order valence-corrected chi connectivity index (χ4v) is 4.54. The van der Waals surface area contributed by atoms with Gasteiger partial charge < -0.3 is 14.1 Å². The zero-order chi connectivity index (χ0) is 21.8. The maximum Gasteiger partial charge on any atom is 0.264 e. The summed E-state index contributed by atoms with van der Waals surface area (Å²) in [5.41, 5.74) is 1.60. The number of amides is 1. The Morgan fingerprint density at radius 3 is 2.65 bits per heavy atom. The van der Waals surface area contributed by atoms with Crippen molar-refractivity contribution in [2.24, 2.45) is 0 Å². The van der Waals surface area contributed by atoms with Gasteiger partial charge in [-0.25, -0.2) is 0 Å². The Hall–Kier alpha value is -2.61. The number of carbonyl (C=O) groups excluding carboxylic acids is 1. The van der Waals surface area contributed by atoms with Gasteiger partial charge >= 0.3 is 0 Å². The van der Waals surface area contributed by atoms with Crippen LogP contribution in [-0.4, -0.2) is 41.9 Å². The van der Waals surface area contributed by atoms with Gasteiger partial charge in [-0.05, 0) is 30.0 Å². The number of rotatable bonds is 6. The van der Waals surface area contributed by atoms with E-state index in [0.717, 1.165) is 29.1 Å². The molecule has 0 bridgehead atoms. The van der Waals surface area contributed by atoms with E-state index in [1.54, 1.807) is 6.07 Å². The molecule has 0 radical (unpaired) electrons. The molecule has 1 aliphatic heterocycles. The van der Waals surface area contributed by atoms with Gasteiger partial charge in [-0.15, -0.1) is 11.3 Å². The highest BCUT2D eigenvalue weighted by Gasteiger charge is 2.24. The van der Waals surface area contributed by atoms with Gasteiger partial charge in [0.25, 0.3) is 5.91 Å². The molecule has 3 heterocycles. The van der Waals surface area contributed by atoms with Crippen LogP contribution in [0.2, 0.25) is 5.02 Å². The van der Waals surface area contributed by atoms with Gasteiger partial charge in [-0.2, -0.15) is 0 Å². The number of aryl methyl sites for hydroxylation is 1. The first kappa shape index (κ1) is 21.6. The minimum atomic E-state index is -0.227. The lowest BCUT2D eigenvalue weighted by molar-refractivity contribution is 0.0623. The summed E-state index contributed by atoms with van der Waals surface area (Å²) in [7, 11) is 0. The molecule has 1 saturated heterocycles. The van der Waals surface area contributed by atoms with Crippen LogP contribution in [0.25, 0.3) is 0 Å². The summed E-state index contributed by atoms with van der Waals surface area (Å²) in [4.78, 5) is 29.9. The molecule has 1 amide bonds. The third-order valence-corrected chi connectivity index (χ3v) is 6.66. The Morgan fingerprint density at radius 1 is 1.19 bits per heavy atom. The number of ether oxygens (including phenoxy) is 1. The average Bonchev–Trinajstić information content (AvgIpc) is 3.20. The van der Waals surface area contributed by atoms with Crippen molar-refractivity contribution in [1.29, 1.82) is 0 Å². The van der Waals surface area contributed by atoms with Crippen molar-refractivity contribution in [3.63, 3.8) is 0 Å². The Morgan fingerprint density at radius 2 is 1.97 bits per heavy atom. The summed E-state index contributed by atoms with van der Waals surface area (Å²) < 4.78 is 11.2. The lowest BCUT2D eigenvalue weighted by atomic mass is 10.2. The van der Waals surface area contributed by atoms with Crippen LogP contribution in [0, 0.1) is 6.92 Å². The molecular weight excluding hydrogens is 436 g/mol. The van der Waals surface area contributed by atoms with Crippen molar-refractivity contribution in [2.45, 2.75) is 20.1 Å². The lowest BCUT2D eigenvalue weighted by Gasteiger charge is -2.34. The molecule has 0 N–H and O–H groups in total. The topological polar surface area (TPSA) is 63.0 Å². The predicted molar refractivity (Wildman–Crippen MR) is 121 cm³/mol. The highest BCUT2D eigenvalue weighted by molar-refractivity contribution is 7.12.